The summed E-state index contributed by atoms with van der Waals surface area (Å²) in [5, 5.41) is 30.7. The summed E-state index contributed by atoms with van der Waals surface area (Å²) in [7, 11) is 4.54. The molecule has 7 aliphatic rings. The van der Waals surface area contributed by atoms with E-state index in [0.29, 0.717) is 138 Å². The van der Waals surface area contributed by atoms with Crippen molar-refractivity contribution in [2.24, 2.45) is 35.5 Å². The maximum atomic E-state index is 14.8. The molecule has 2 bridgehead atoms. The molecular weight excluding hydrogens is 1660 g/mol. The Morgan fingerprint density at radius 1 is 0.723 bits per heavy atom. The monoisotopic (exact) mass is 1790 g/mol. The number of anilines is 3. The van der Waals surface area contributed by atoms with E-state index in [0.717, 1.165) is 115 Å². The van der Waals surface area contributed by atoms with Gasteiger partial charge in [-0.25, -0.2) is 39.4 Å². The number of esters is 2. The summed E-state index contributed by atoms with van der Waals surface area (Å²) in [6.07, 6.45) is 21.7. The van der Waals surface area contributed by atoms with Crippen molar-refractivity contribution >= 4 is 80.8 Å². The van der Waals surface area contributed by atoms with Gasteiger partial charge < -0.3 is 73.7 Å². The number of aliphatic hydroxyl groups is 2. The summed E-state index contributed by atoms with van der Waals surface area (Å²) >= 11 is 0. The lowest BCUT2D eigenvalue weighted by molar-refractivity contribution is -0.265. The molecule has 6 aliphatic heterocycles. The van der Waals surface area contributed by atoms with Crippen molar-refractivity contribution in [2.75, 3.05) is 129 Å². The van der Waals surface area contributed by atoms with Crippen LogP contribution >= 0.6 is 0 Å². The number of nitrogens with zero attached hydrogens (tertiary/aromatic N) is 14. The predicted octanol–water partition coefficient (Wildman–Crippen LogP) is 10.0. The van der Waals surface area contributed by atoms with Gasteiger partial charge in [0.1, 0.15) is 54.1 Å². The zero-order valence-corrected chi connectivity index (χ0v) is 76.9. The number of nitrogens with two attached hydrogens (primary N) is 1. The molecule has 2 amide bonds. The van der Waals surface area contributed by atoms with E-state index in [9.17, 15) is 43.8 Å². The average molecular weight is 1790 g/mol. The first-order valence-electron chi connectivity index (χ1n) is 46.5. The average Bonchev–Trinajstić information content (AvgIpc) is 0.909. The van der Waals surface area contributed by atoms with E-state index in [4.69, 9.17) is 54.0 Å². The Balaban J connectivity index is 0.501. The molecule has 32 heteroatoms. The fourth-order valence-electron chi connectivity index (χ4n) is 19.6. The van der Waals surface area contributed by atoms with Crippen molar-refractivity contribution in [1.82, 2.24) is 64.3 Å². The van der Waals surface area contributed by atoms with E-state index in [1.54, 1.807) is 65.9 Å². The first-order chi connectivity index (χ1) is 62.7. The standard InChI is InChI=1S/C98H130N16O16/c1-61-16-12-11-13-17-62(2)81(124-8)52-76-25-19-67(7)98(123,130-76)90(119)94(121)113-32-15-14-18-78(113)95(122)129-82(53-79(115)63(3)47-66(6)88(118)89(126-10)87(117)65(5)46-61)64(4)48-68-21-27-80(83(50-68)125-9)128-84(116)28-22-70-54-101-96(102-55-70)110-38-34-108(35-39-110)42-44-127-45-43-109-36-40-111(41-37-109)97-103-56-75(57-104-97)93(120)112-33-30-71-49-69(20-23-74(71)59-112)58-114-92-85(91(99)105-60-106-92)86(107-114)73-24-26-77-72(51-73)29-31-100-77/h11-13,16-17,20,23-24,26,29,31,47,49,51,54-57,60-61,63-65,67-68,76,78,80-83,88-89,100,118,123H,14-15,18-19,21-22,25,27-28,30,32-46,48,50,52-53,58-59H2,1-10H3,(H2,99,105,106)/b13-11+,16-12+,62-17+,66-47+/t61-,63-,64-,65-,67-,68+,76+,78+,80-,81+,82+,83-,88-,89+,98-/m1/s1. The van der Waals surface area contributed by atoms with Gasteiger partial charge in [-0.3, -0.25) is 38.6 Å². The summed E-state index contributed by atoms with van der Waals surface area (Å²) in [5.41, 5.74) is 15.7. The molecule has 0 spiro atoms. The van der Waals surface area contributed by atoms with Gasteiger partial charge in [-0.2, -0.15) is 5.10 Å². The Bertz CT molecular complexity index is 5220. The minimum Gasteiger partial charge on any atom is -0.460 e. The molecular formula is C98H130N16O16. The van der Waals surface area contributed by atoms with E-state index < -0.39 is 95.9 Å². The topological polar surface area (TPSA) is 381 Å². The number of amides is 2. The number of H-pyrrole nitrogens is 1. The van der Waals surface area contributed by atoms with Gasteiger partial charge in [0.2, 0.25) is 17.7 Å². The third-order valence-corrected chi connectivity index (χ3v) is 27.6. The van der Waals surface area contributed by atoms with Crippen molar-refractivity contribution in [3.63, 3.8) is 0 Å². The van der Waals surface area contributed by atoms with E-state index in [2.05, 4.69) is 68.8 Å². The van der Waals surface area contributed by atoms with Gasteiger partial charge >= 0.3 is 11.9 Å². The molecule has 32 nitrogen and oxygen atoms in total. The Morgan fingerprint density at radius 2 is 1.45 bits per heavy atom. The van der Waals surface area contributed by atoms with Crippen molar-refractivity contribution in [2.45, 2.75) is 212 Å². The maximum absolute atomic E-state index is 14.8. The number of hydrogen-bond donors (Lipinski definition) is 4. The number of Topliss-reactive ketones (excluding diaryl/α,β-unsaturated/α-hetero) is 3. The van der Waals surface area contributed by atoms with Crippen molar-refractivity contribution in [3.05, 3.63) is 155 Å². The highest BCUT2D eigenvalue weighted by Gasteiger charge is 2.53. The third kappa shape index (κ3) is 23.4. The first kappa shape index (κ1) is 95.7. The number of aromatic amines is 1. The highest BCUT2D eigenvalue weighted by molar-refractivity contribution is 6.39. The number of benzene rings is 2. The first-order valence-corrected chi connectivity index (χ1v) is 46.5. The summed E-state index contributed by atoms with van der Waals surface area (Å²) < 4.78 is 44.5. The molecule has 5 aromatic heterocycles. The fraction of sp³-hybridized carbons (Fsp3) is 0.571. The van der Waals surface area contributed by atoms with E-state index in [1.165, 1.54) is 23.9 Å². The number of nitrogens with one attached hydrogen (secondary N) is 1. The number of carbonyl (C=O) groups excluding carboxylic acids is 7. The lowest BCUT2D eigenvalue weighted by Crippen LogP contribution is -2.61. The number of aryl methyl sites for hydroxylation is 1. The van der Waals surface area contributed by atoms with Crippen molar-refractivity contribution < 1.29 is 76.9 Å². The molecule has 5 fully saturated rings. The highest BCUT2D eigenvalue weighted by Crippen LogP contribution is 2.40. The van der Waals surface area contributed by atoms with Gasteiger partial charge in [-0.15, -0.1) is 0 Å². The third-order valence-electron chi connectivity index (χ3n) is 27.6. The molecule has 130 heavy (non-hydrogen) atoms. The lowest BCUT2D eigenvalue weighted by Gasteiger charge is -2.42. The van der Waals surface area contributed by atoms with Gasteiger partial charge in [-0.05, 0) is 160 Å². The van der Waals surface area contributed by atoms with E-state index in [1.807, 2.05) is 92.1 Å². The van der Waals surface area contributed by atoms with Crippen molar-refractivity contribution in [3.8, 4) is 11.3 Å². The number of aromatic nitrogens is 9. The molecule has 7 aromatic rings. The van der Waals surface area contributed by atoms with Gasteiger partial charge in [-0.1, -0.05) is 95.3 Å². The minimum atomic E-state index is -2.48. The summed E-state index contributed by atoms with van der Waals surface area (Å²) in [5.74, 6) is -7.42. The molecule has 14 rings (SSSR count). The second-order valence-corrected chi connectivity index (χ2v) is 36.8. The van der Waals surface area contributed by atoms with Crippen LogP contribution in [0.3, 0.4) is 0 Å². The molecule has 15 atom stereocenters. The number of allylic oxidation sites excluding steroid dienone is 6. The summed E-state index contributed by atoms with van der Waals surface area (Å²) in [6, 6.07) is 13.4. The second-order valence-electron chi connectivity index (χ2n) is 36.8. The predicted molar refractivity (Wildman–Crippen MR) is 491 cm³/mol. The summed E-state index contributed by atoms with van der Waals surface area (Å²) in [4.78, 5) is 143. The van der Waals surface area contributed by atoms with Crippen molar-refractivity contribution in [1.29, 1.82) is 0 Å². The van der Waals surface area contributed by atoms with E-state index in [-0.39, 0.29) is 67.5 Å². The second kappa shape index (κ2) is 44.2. The quantitative estimate of drug-likeness (QED) is 0.0212. The molecule has 0 radical (unpaired) electrons. The lowest BCUT2D eigenvalue weighted by atomic mass is 9.78. The number of cyclic esters (lactones) is 1. The van der Waals surface area contributed by atoms with Crippen LogP contribution < -0.4 is 15.5 Å². The molecule has 0 unspecified atom stereocenters. The molecule has 1 aliphatic carbocycles. The van der Waals surface area contributed by atoms with Crippen LogP contribution in [0.15, 0.2) is 127 Å². The molecule has 2 aromatic carbocycles. The molecule has 4 saturated heterocycles. The highest BCUT2D eigenvalue weighted by atomic mass is 16.6. The number of rotatable bonds is 22. The Hall–Kier alpha value is -10.4. The van der Waals surface area contributed by atoms with Crippen LogP contribution in [0.1, 0.15) is 165 Å². The van der Waals surface area contributed by atoms with Crippen LogP contribution in [0.4, 0.5) is 17.7 Å². The van der Waals surface area contributed by atoms with Crippen LogP contribution in [0.25, 0.3) is 33.2 Å². The number of hydrogen-bond acceptors (Lipinski definition) is 28. The van der Waals surface area contributed by atoms with Crippen LogP contribution in [-0.4, -0.2) is 283 Å². The molecule has 698 valence electrons. The largest absolute Gasteiger partial charge is 0.460 e. The van der Waals surface area contributed by atoms with Crippen LogP contribution in [0.5, 0.6) is 0 Å². The molecule has 11 heterocycles. The number of piperidine rings is 1. The number of carbonyl (C=O) groups is 7. The zero-order chi connectivity index (χ0) is 91.9. The Labute approximate surface area is 761 Å². The van der Waals surface area contributed by atoms with Gasteiger partial charge in [0.15, 0.2) is 11.4 Å². The summed E-state index contributed by atoms with van der Waals surface area (Å²) in [6.45, 7) is 23.5. The number of methoxy groups -OCH3 is 3. The number of aliphatic hydroxyl groups excluding tert-OH is 1. The van der Waals surface area contributed by atoms with Crippen LogP contribution in [0.2, 0.25) is 0 Å². The Kier molecular flexibility index (Phi) is 32.5. The van der Waals surface area contributed by atoms with Crippen LogP contribution in [0, 0.1) is 35.5 Å². The van der Waals surface area contributed by atoms with Crippen LogP contribution in [-0.2, 0) is 87.9 Å². The number of nitrogen functional groups attached to an aromatic ring is 1. The number of ether oxygens (including phenoxy) is 7. The fourth-order valence-corrected chi connectivity index (χ4v) is 19.6. The SMILES string of the molecule is CO[C@H]1C[C@@H]2CC[C@@H](C)[C@@](O)(O2)C(=O)C(=O)N2CCCC[C@H]2C(=O)O[C@H]([C@H](C)C[C@@H]2CC[C@@H](OC(=O)CCc3cnc(N4CCN(CCOCCN5CCN(c6ncc(C(=O)N7CCc8cc(Cn9nc(-c%10ccc%11[nH]ccc%11c%10)c%10c(N)ncnc%109)ccc8C7)cn6)CC5)CC4)nc3)[C@H](OC)C2)CC(=O)[C@H](C)/C=C(\C)[C@@H](O)[C@@H](OC)C(=O)[C@H](C)C[C@H](C)/C=C/C=C/C=C/1C. The van der Waals surface area contributed by atoms with Gasteiger partial charge in [0.25, 0.3) is 17.6 Å². The smallest absolute Gasteiger partial charge is 0.329 e. The maximum Gasteiger partial charge on any atom is 0.329 e. The van der Waals surface area contributed by atoms with E-state index >= 15 is 0 Å². The minimum absolute atomic E-state index is 0.0104. The Morgan fingerprint density at radius 3 is 2.15 bits per heavy atom. The molecule has 1 saturated carbocycles. The van der Waals surface area contributed by atoms with Gasteiger partial charge in [0, 0.05) is 191 Å². The van der Waals surface area contributed by atoms with Gasteiger partial charge in [0.05, 0.1) is 49.0 Å². The number of ketones is 3. The number of piperazine rings is 2. The molecule has 5 N–H and O–H groups in total. The normalized spacial score (nSPS) is 28.4. The number of fused-ring (bicyclic) bond motifs is 6. The zero-order valence-electron chi connectivity index (χ0n) is 76.9.